The third-order valence-corrected chi connectivity index (χ3v) is 23.3. The zero-order chi connectivity index (χ0) is 71.8. The lowest BCUT2D eigenvalue weighted by molar-refractivity contribution is -0.137. The minimum atomic E-state index is -5.09. The number of carboxylic acid groups (broad SMARTS) is 1. The molecule has 2 aliphatic heterocycles. The highest BCUT2D eigenvalue weighted by atomic mass is 32.2. The first-order valence-electron chi connectivity index (χ1n) is 32.2. The molecular formula is C68H86N8O17S5. The molecule has 0 radical (unpaired) electrons. The van der Waals surface area contributed by atoms with Gasteiger partial charge in [-0.05, 0) is 151 Å². The summed E-state index contributed by atoms with van der Waals surface area (Å²) >= 11 is 0. The molecule has 1 atom stereocenters. The fourth-order valence-electron chi connectivity index (χ4n) is 12.9. The van der Waals surface area contributed by atoms with E-state index in [0.29, 0.717) is 52.5 Å². The molecule has 0 saturated carbocycles. The number of hydrogen-bond donors (Lipinski definition) is 8. The van der Waals surface area contributed by atoms with Gasteiger partial charge in [-0.2, -0.15) is 33.7 Å². The molecule has 2 aromatic heterocycles. The van der Waals surface area contributed by atoms with Gasteiger partial charge >= 0.3 is 5.97 Å². The normalized spacial score (nSPS) is 15.3. The van der Waals surface area contributed by atoms with E-state index in [0.717, 1.165) is 84.9 Å². The molecule has 0 saturated heterocycles. The van der Waals surface area contributed by atoms with Gasteiger partial charge in [-0.1, -0.05) is 102 Å². The number of aryl methyl sites for hydroxylation is 3. The predicted molar refractivity (Wildman–Crippen MR) is 377 cm³/mol. The average Bonchev–Trinajstić information content (AvgIpc) is 1.54. The molecule has 25 nitrogen and oxygen atoms in total. The Labute approximate surface area is 574 Å². The van der Waals surface area contributed by atoms with Gasteiger partial charge in [0.25, 0.3) is 40.5 Å². The summed E-state index contributed by atoms with van der Waals surface area (Å²) in [5, 5.41) is 20.0. The zero-order valence-electron chi connectivity index (χ0n) is 55.7. The van der Waals surface area contributed by atoms with Crippen LogP contribution in [0.3, 0.4) is 0 Å². The Balaban J connectivity index is 0.965. The van der Waals surface area contributed by atoms with E-state index in [9.17, 15) is 75.0 Å². The van der Waals surface area contributed by atoms with Crippen molar-refractivity contribution >= 4 is 101 Å². The van der Waals surface area contributed by atoms with Crippen molar-refractivity contribution in [2.24, 2.45) is 0 Å². The summed E-state index contributed by atoms with van der Waals surface area (Å²) in [4.78, 5) is 39.0. The average molecular weight is 1450 g/mol. The molecule has 4 aromatic carbocycles. The van der Waals surface area contributed by atoms with Gasteiger partial charge in [-0.3, -0.25) is 27.8 Å². The van der Waals surface area contributed by atoms with Crippen molar-refractivity contribution in [3.63, 3.8) is 0 Å². The molecule has 8 rings (SSSR count). The second-order valence-corrected chi connectivity index (χ2v) is 33.8. The monoisotopic (exact) mass is 1450 g/mol. The Morgan fingerprint density at radius 3 is 2.16 bits per heavy atom. The van der Waals surface area contributed by atoms with Crippen LogP contribution in [0, 0.1) is 6.92 Å². The number of aliphatic carboxylic acids is 1. The Kier molecular flexibility index (Phi) is 24.4. The molecule has 8 N–H and O–H groups in total. The number of carbonyl (C=O) groups is 2. The number of anilines is 3. The molecule has 98 heavy (non-hydrogen) atoms. The largest absolute Gasteiger partial charge is 0.481 e. The number of carbonyl (C=O) groups excluding carboxylic acids is 1. The molecule has 530 valence electrons. The molecule has 1 amide bonds. The van der Waals surface area contributed by atoms with Gasteiger partial charge in [0.15, 0.2) is 0 Å². The van der Waals surface area contributed by atoms with Gasteiger partial charge in [0.1, 0.15) is 16.5 Å². The van der Waals surface area contributed by atoms with Gasteiger partial charge in [-0.15, -0.1) is 0 Å². The lowest BCUT2D eigenvalue weighted by Gasteiger charge is -2.31. The number of benzene rings is 4. The fraction of sp³-hybridized carbons (Fsp3) is 0.426. The minimum Gasteiger partial charge on any atom is -0.481 e. The number of amides is 1. The number of aromatic nitrogens is 3. The molecule has 0 spiro atoms. The van der Waals surface area contributed by atoms with Crippen molar-refractivity contribution in [2.45, 2.75) is 156 Å². The topological polar surface area (TPSA) is 387 Å². The number of fused-ring (bicyclic) bond motifs is 5. The van der Waals surface area contributed by atoms with Crippen LogP contribution in [0.4, 0.5) is 17.2 Å². The predicted octanol–water partition coefficient (Wildman–Crippen LogP) is 10.4. The summed E-state index contributed by atoms with van der Waals surface area (Å²) in [5.41, 5.74) is 4.61. The summed E-state index contributed by atoms with van der Waals surface area (Å²) in [6, 6.07) is 15.0. The van der Waals surface area contributed by atoms with E-state index in [1.807, 2.05) is 30.9 Å². The van der Waals surface area contributed by atoms with E-state index in [-0.39, 0.29) is 97.0 Å². The van der Waals surface area contributed by atoms with Crippen molar-refractivity contribution in [3.8, 4) is 0 Å². The van der Waals surface area contributed by atoms with Gasteiger partial charge in [0, 0.05) is 103 Å². The molecule has 0 unspecified atom stereocenters. The Hall–Kier alpha value is -7.52. The molecule has 0 aliphatic carbocycles. The number of nitrogens with one attached hydrogen (secondary N) is 3. The van der Waals surface area contributed by atoms with Crippen LogP contribution in [0.2, 0.25) is 0 Å². The van der Waals surface area contributed by atoms with Crippen LogP contribution in [0.25, 0.3) is 21.5 Å². The maximum atomic E-state index is 14.6. The molecule has 30 heteroatoms. The minimum absolute atomic E-state index is 0.00430. The number of allylic oxidation sites excluding steroid dienone is 7. The lowest BCUT2D eigenvalue weighted by atomic mass is 9.75. The van der Waals surface area contributed by atoms with Crippen molar-refractivity contribution < 1.29 is 75.0 Å². The first-order chi connectivity index (χ1) is 45.9. The van der Waals surface area contributed by atoms with Gasteiger partial charge in [0.05, 0.1) is 27.7 Å². The van der Waals surface area contributed by atoms with E-state index < -0.39 is 88.6 Å². The molecule has 2 aliphatic rings. The first kappa shape index (κ1) is 76.2. The summed E-state index contributed by atoms with van der Waals surface area (Å²) in [6.45, 7) is 14.5. The number of sulfonamides is 1. The van der Waals surface area contributed by atoms with Gasteiger partial charge in [0.2, 0.25) is 15.9 Å². The second-order valence-electron chi connectivity index (χ2n) is 25.8. The van der Waals surface area contributed by atoms with E-state index in [1.165, 1.54) is 29.6 Å². The molecule has 4 heterocycles. The number of nitrogens with zero attached hydrogens (tertiary/aromatic N) is 5. The van der Waals surface area contributed by atoms with Crippen molar-refractivity contribution in [1.29, 1.82) is 0 Å². The van der Waals surface area contributed by atoms with E-state index in [4.69, 9.17) is 4.98 Å². The lowest BCUT2D eigenvalue weighted by Crippen LogP contribution is -2.30. The Morgan fingerprint density at radius 2 is 1.48 bits per heavy atom. The highest BCUT2D eigenvalue weighted by Crippen LogP contribution is 2.52. The maximum Gasteiger partial charge on any atom is 0.303 e. The van der Waals surface area contributed by atoms with Crippen LogP contribution in [0.5, 0.6) is 0 Å². The second kappa shape index (κ2) is 31.4. The fourth-order valence-corrected chi connectivity index (χ4v) is 16.6. The van der Waals surface area contributed by atoms with Crippen LogP contribution in [0.1, 0.15) is 144 Å². The number of carboxylic acids is 1. The molecule has 6 aromatic rings. The third-order valence-electron chi connectivity index (χ3n) is 18.0. The smallest absolute Gasteiger partial charge is 0.303 e. The van der Waals surface area contributed by atoms with Gasteiger partial charge < -0.3 is 26.0 Å². The Morgan fingerprint density at radius 1 is 0.796 bits per heavy atom. The number of unbranched alkanes of at least 4 members (excludes halogenated alkanes) is 3. The molecule has 0 fully saturated rings. The standard InChI is InChI=1S/C68H86N8O17S5/c1-45(67(3,4)64-55-40-51(97(88,89)90)41-60(98(91,92)93)53(55)28-30-57(64)69-33-18-36-94(80,81)82)20-11-10-14-26-61-68(5,6)65-54-23-15-25-59(52(54)29-31-58(65)76(61)35-19-37-95(83,84)85)96(86,87)75(7)34-17-27-62(77)73-42-49-38-48-22-16-32-70-66(48)74-56(49)24-13-9-8-12-21-47(39-63(78)79)50-43-71-46(2)72-44-50/h10-11,14-15,20,23,25-26,28-31,38,40-41,43-44,47,69H,1,8-9,12-13,16-19,21-22,24,27,32-37,39,42H2,2-7H3,(H,70,74)(H,73,77)(H,78,79)(H,80,81,82)(H,83,84,85)(H,88,89,90)(H,91,92,93)/b14-10-,20-11+,61-26-/t47-/m0/s1. The van der Waals surface area contributed by atoms with Crippen LogP contribution in [-0.2, 0) is 90.3 Å². The maximum absolute atomic E-state index is 14.6. The van der Waals surface area contributed by atoms with Crippen molar-refractivity contribution in [2.75, 3.05) is 60.3 Å². The molecule has 0 bridgehead atoms. The summed E-state index contributed by atoms with van der Waals surface area (Å²) in [7, 11) is -21.5. The third kappa shape index (κ3) is 19.1. The van der Waals surface area contributed by atoms with Crippen LogP contribution in [-0.4, -0.2) is 141 Å². The van der Waals surface area contributed by atoms with E-state index >= 15 is 0 Å². The number of hydrogen-bond acceptors (Lipinski definition) is 18. The van der Waals surface area contributed by atoms with Crippen molar-refractivity contribution in [3.05, 3.63) is 161 Å². The summed E-state index contributed by atoms with van der Waals surface area (Å²) < 4.78 is 167. The Bertz CT molecular complexity index is 4710. The van der Waals surface area contributed by atoms with Crippen molar-refractivity contribution in [1.82, 2.24) is 24.6 Å². The van der Waals surface area contributed by atoms with Crippen LogP contribution >= 0.6 is 0 Å². The highest BCUT2D eigenvalue weighted by molar-refractivity contribution is 7.89. The van der Waals surface area contributed by atoms with E-state index in [2.05, 4.69) is 38.6 Å². The van der Waals surface area contributed by atoms with E-state index in [1.54, 1.807) is 75.7 Å². The van der Waals surface area contributed by atoms with Crippen LogP contribution in [0.15, 0.2) is 136 Å². The zero-order valence-corrected chi connectivity index (χ0v) is 59.7. The number of pyridine rings is 1. The SMILES string of the molecule is C=C(/C=C/C=C\C=C1/N(CCCS(=O)(=O)O)c2ccc3c(S(=O)(=O)N(C)CCCC(=O)NCc4cc5c(nc4CCCCCC[C@@H](CC(=O)O)c4cnc(C)nc4)NCCC5)cccc3c2C1(C)C)C(C)(C)c1c(NCCCS(=O)(=O)O)ccc2c(S(=O)(=O)O)cc(S(=O)(=O)O)cc12. The highest BCUT2D eigenvalue weighted by Gasteiger charge is 2.42. The first-order valence-corrected chi connectivity index (χ1v) is 39.7. The summed E-state index contributed by atoms with van der Waals surface area (Å²) in [5.74, 6) is -0.962. The molecular weight excluding hydrogens is 1360 g/mol. The number of rotatable bonds is 34. The summed E-state index contributed by atoms with van der Waals surface area (Å²) in [6.07, 6.45) is 18.8. The van der Waals surface area contributed by atoms with Gasteiger partial charge in [-0.25, -0.2) is 27.7 Å². The van der Waals surface area contributed by atoms with Crippen LogP contribution < -0.4 is 20.9 Å². The quantitative estimate of drug-likeness (QED) is 0.0106.